The minimum absolute atomic E-state index is 0.0000215. The average Bonchev–Trinajstić information content (AvgIpc) is 3.02. The Hall–Kier alpha value is -2.28. The Morgan fingerprint density at radius 3 is 2.45 bits per heavy atom. The number of nitrogens with zero attached hydrogens (tertiary/aromatic N) is 3. The number of rotatable bonds is 6. The highest BCUT2D eigenvalue weighted by molar-refractivity contribution is 6.27. The van der Waals surface area contributed by atoms with Crippen molar-refractivity contribution in [1.29, 1.82) is 0 Å². The fourth-order valence-electron chi connectivity index (χ4n) is 4.20. The first kappa shape index (κ1) is 21.4. The third-order valence-electron chi connectivity index (χ3n) is 5.94. The van der Waals surface area contributed by atoms with E-state index in [4.69, 9.17) is 26.2 Å². The van der Waals surface area contributed by atoms with Crippen LogP contribution in [0.15, 0.2) is 23.3 Å². The number of amides is 1. The molecule has 1 amide bonds. The topological polar surface area (TPSA) is 71.4 Å². The zero-order valence-electron chi connectivity index (χ0n) is 17.4. The van der Waals surface area contributed by atoms with Crippen molar-refractivity contribution in [3.63, 3.8) is 0 Å². The second-order valence-electron chi connectivity index (χ2n) is 7.95. The second-order valence-corrected chi connectivity index (χ2v) is 8.21. The van der Waals surface area contributed by atoms with E-state index < -0.39 is 5.41 Å². The molecule has 0 N–H and O–H groups in total. The van der Waals surface area contributed by atoms with Gasteiger partial charge in [-0.05, 0) is 31.0 Å². The first-order valence-electron chi connectivity index (χ1n) is 9.76. The number of methoxy groups -OCH3 is 2. The molecule has 8 heteroatoms. The number of carbonyl (C=O) groups is 2. The highest BCUT2D eigenvalue weighted by atomic mass is 35.5. The number of ether oxygens (including phenoxy) is 2. The largest absolute Gasteiger partial charge is 0.493 e. The molecule has 0 aromatic heterocycles. The van der Waals surface area contributed by atoms with Crippen molar-refractivity contribution < 1.29 is 19.1 Å². The summed E-state index contributed by atoms with van der Waals surface area (Å²) in [5, 5.41) is 6.83. The van der Waals surface area contributed by atoms with E-state index in [0.717, 1.165) is 30.4 Å². The summed E-state index contributed by atoms with van der Waals surface area (Å²) in [6, 6.07) is 5.41. The van der Waals surface area contributed by atoms with Gasteiger partial charge in [-0.25, -0.2) is 0 Å². The van der Waals surface area contributed by atoms with Gasteiger partial charge in [-0.15, -0.1) is 11.6 Å². The molecule has 1 aromatic rings. The Bertz CT molecular complexity index is 803. The summed E-state index contributed by atoms with van der Waals surface area (Å²) < 4.78 is 10.8. The fraction of sp³-hybridized carbons (Fsp3) is 0.571. The van der Waals surface area contributed by atoms with Gasteiger partial charge in [-0.3, -0.25) is 9.80 Å². The lowest BCUT2D eigenvalue weighted by molar-refractivity contribution is -0.130. The zero-order valence-corrected chi connectivity index (χ0v) is 18.1. The molecule has 0 bridgehead atoms. The molecule has 2 aliphatic rings. The Kier molecular flexibility index (Phi) is 6.36. The second kappa shape index (κ2) is 8.61. The molecule has 1 unspecified atom stereocenters. The van der Waals surface area contributed by atoms with Crippen molar-refractivity contribution in [2.45, 2.75) is 38.8 Å². The molecule has 2 heterocycles. The van der Waals surface area contributed by atoms with Crippen LogP contribution < -0.4 is 9.47 Å². The van der Waals surface area contributed by atoms with Crippen molar-refractivity contribution in [2.24, 2.45) is 10.5 Å². The van der Waals surface area contributed by atoms with Gasteiger partial charge in [-0.1, -0.05) is 13.8 Å². The molecule has 3 rings (SSSR count). The number of carbonyl (C=O) groups excluding carboxylic acids is 2. The number of alkyl halides is 1. The Morgan fingerprint density at radius 2 is 1.90 bits per heavy atom. The summed E-state index contributed by atoms with van der Waals surface area (Å²) in [5.41, 5.74) is 1.27. The molecule has 2 aliphatic heterocycles. The van der Waals surface area contributed by atoms with E-state index >= 15 is 0 Å². The molecular weight excluding hydrogens is 394 g/mol. The molecule has 0 spiro atoms. The van der Waals surface area contributed by atoms with Gasteiger partial charge in [0.15, 0.2) is 11.5 Å². The number of hydrogen-bond acceptors (Lipinski definition) is 6. The molecule has 1 aromatic carbocycles. The van der Waals surface area contributed by atoms with Gasteiger partial charge in [0.2, 0.25) is 5.91 Å². The predicted molar refractivity (Wildman–Crippen MR) is 112 cm³/mol. The van der Waals surface area contributed by atoms with Crippen molar-refractivity contribution in [3.05, 3.63) is 23.8 Å². The average molecular weight is 422 g/mol. The van der Waals surface area contributed by atoms with Crippen molar-refractivity contribution in [1.82, 2.24) is 9.91 Å². The van der Waals surface area contributed by atoms with E-state index in [1.165, 1.54) is 0 Å². The van der Waals surface area contributed by atoms with Crippen LogP contribution in [0.4, 0.5) is 0 Å². The van der Waals surface area contributed by atoms with Gasteiger partial charge in [0.05, 0.1) is 26.0 Å². The molecule has 0 radical (unpaired) electrons. The SMILES string of the molecule is COc1ccc(C2=NN(C3CCN(C(=O)CCl)CC3)C(C=O)C2(C)C)cc1OC. The van der Waals surface area contributed by atoms with Crippen molar-refractivity contribution >= 4 is 29.5 Å². The smallest absolute Gasteiger partial charge is 0.237 e. The minimum Gasteiger partial charge on any atom is -0.493 e. The Labute approximate surface area is 176 Å². The van der Waals surface area contributed by atoms with Crippen molar-refractivity contribution in [3.8, 4) is 11.5 Å². The highest BCUT2D eigenvalue weighted by Crippen LogP contribution is 2.40. The zero-order chi connectivity index (χ0) is 21.2. The molecular formula is C21H28ClN3O4. The lowest BCUT2D eigenvalue weighted by Crippen LogP contribution is -2.50. The van der Waals surface area contributed by atoms with Crippen LogP contribution in [0.1, 0.15) is 32.3 Å². The molecule has 1 atom stereocenters. The first-order valence-corrected chi connectivity index (χ1v) is 10.3. The quantitative estimate of drug-likeness (QED) is 0.521. The Balaban J connectivity index is 1.89. The molecule has 29 heavy (non-hydrogen) atoms. The third-order valence-corrected chi connectivity index (χ3v) is 6.17. The highest BCUT2D eigenvalue weighted by Gasteiger charge is 2.47. The van der Waals surface area contributed by atoms with Crippen LogP contribution in [-0.4, -0.2) is 73.1 Å². The van der Waals surface area contributed by atoms with Gasteiger partial charge >= 0.3 is 0 Å². The lowest BCUT2D eigenvalue weighted by atomic mass is 9.78. The number of likely N-dealkylation sites (tertiary alicyclic amines) is 1. The maximum Gasteiger partial charge on any atom is 0.237 e. The van der Waals surface area contributed by atoms with Crippen LogP contribution in [0.3, 0.4) is 0 Å². The van der Waals surface area contributed by atoms with Crippen LogP contribution >= 0.6 is 11.6 Å². The third kappa shape index (κ3) is 3.92. The molecule has 1 fully saturated rings. The van der Waals surface area contributed by atoms with E-state index in [2.05, 4.69) is 0 Å². The summed E-state index contributed by atoms with van der Waals surface area (Å²) in [7, 11) is 3.19. The number of aldehydes is 1. The maximum atomic E-state index is 12.1. The number of benzene rings is 1. The number of hydrogen-bond donors (Lipinski definition) is 0. The first-order chi connectivity index (χ1) is 13.9. The van der Waals surface area contributed by atoms with Gasteiger partial charge in [-0.2, -0.15) is 5.10 Å². The molecule has 7 nitrogen and oxygen atoms in total. The van der Waals surface area contributed by atoms with Crippen LogP contribution in [0.5, 0.6) is 11.5 Å². The van der Waals surface area contributed by atoms with Crippen LogP contribution in [0.2, 0.25) is 0 Å². The summed E-state index contributed by atoms with van der Waals surface area (Å²) in [4.78, 5) is 25.7. The van der Waals surface area contributed by atoms with E-state index in [0.29, 0.717) is 24.6 Å². The summed E-state index contributed by atoms with van der Waals surface area (Å²) in [6.45, 7) is 5.32. The maximum absolute atomic E-state index is 12.1. The van der Waals surface area contributed by atoms with Gasteiger partial charge < -0.3 is 19.2 Å². The van der Waals surface area contributed by atoms with Gasteiger partial charge in [0.25, 0.3) is 0 Å². The standard InChI is InChI=1S/C21H28ClN3O4/c1-21(2)18(13-26)25(15-7-9-24(10-8-15)19(27)12-22)23-20(21)14-5-6-16(28-3)17(11-14)29-4/h5-6,11,13,15,18H,7-10,12H2,1-4H3. The van der Waals surface area contributed by atoms with Crippen LogP contribution in [-0.2, 0) is 9.59 Å². The van der Waals surface area contributed by atoms with E-state index in [9.17, 15) is 9.59 Å². The van der Waals surface area contributed by atoms with Crippen molar-refractivity contribution in [2.75, 3.05) is 33.2 Å². The van der Waals surface area contributed by atoms with Gasteiger partial charge in [0.1, 0.15) is 18.2 Å². The van der Waals surface area contributed by atoms with Gasteiger partial charge in [0, 0.05) is 24.1 Å². The molecule has 1 saturated heterocycles. The summed E-state index contributed by atoms with van der Waals surface area (Å²) in [5.74, 6) is 1.22. The predicted octanol–water partition coefficient (Wildman–Crippen LogP) is 2.55. The fourth-order valence-corrected chi connectivity index (χ4v) is 4.37. The molecule has 0 saturated carbocycles. The molecule has 0 aliphatic carbocycles. The number of piperidine rings is 1. The van der Waals surface area contributed by atoms with Crippen LogP contribution in [0, 0.1) is 5.41 Å². The van der Waals surface area contributed by atoms with E-state index in [1.807, 2.05) is 37.1 Å². The summed E-state index contributed by atoms with van der Waals surface area (Å²) >= 11 is 5.68. The number of hydrazone groups is 1. The summed E-state index contributed by atoms with van der Waals surface area (Å²) in [6.07, 6.45) is 2.49. The van der Waals surface area contributed by atoms with Crippen LogP contribution in [0.25, 0.3) is 0 Å². The minimum atomic E-state index is -0.468. The Morgan fingerprint density at radius 1 is 1.24 bits per heavy atom. The monoisotopic (exact) mass is 421 g/mol. The van der Waals surface area contributed by atoms with E-state index in [1.54, 1.807) is 19.1 Å². The normalized spacial score (nSPS) is 21.7. The van der Waals surface area contributed by atoms with E-state index in [-0.39, 0.29) is 23.9 Å². The lowest BCUT2D eigenvalue weighted by Gasteiger charge is -2.39. The molecule has 158 valence electrons. The number of halogens is 1.